The first-order valence-electron chi connectivity index (χ1n) is 12.1. The topological polar surface area (TPSA) is 301 Å². The van der Waals surface area contributed by atoms with Gasteiger partial charge in [0.2, 0.25) is 29.5 Å². The molecule has 0 saturated carbocycles. The highest BCUT2D eigenvalue weighted by Crippen LogP contribution is 2.08. The van der Waals surface area contributed by atoms with Crippen LogP contribution in [0, 0.1) is 5.92 Å². The van der Waals surface area contributed by atoms with Crippen LogP contribution in [0.1, 0.15) is 58.8 Å². The average Bonchev–Trinajstić information content (AvgIpc) is 2.80. The SMILES string of the molecule is CC(C)CC(NC(=O)C(CCC(N)=O)NC(=O)C(CCCN=C(N)N)NC(=O)C(N)CCC(N)=O)C(=O)O. The van der Waals surface area contributed by atoms with E-state index in [1.807, 2.05) is 0 Å². The van der Waals surface area contributed by atoms with E-state index in [0.29, 0.717) is 0 Å². The summed E-state index contributed by atoms with van der Waals surface area (Å²) in [5, 5.41) is 16.7. The summed E-state index contributed by atoms with van der Waals surface area (Å²) < 4.78 is 0. The van der Waals surface area contributed by atoms with Crippen molar-refractivity contribution in [2.45, 2.75) is 83.0 Å². The molecule has 216 valence electrons. The number of hydrogen-bond acceptors (Lipinski definition) is 8. The summed E-state index contributed by atoms with van der Waals surface area (Å²) in [7, 11) is 0. The normalized spacial score (nSPS) is 13.9. The predicted molar refractivity (Wildman–Crippen MR) is 138 cm³/mol. The second-order valence-corrected chi connectivity index (χ2v) is 9.22. The Hall–Kier alpha value is -3.95. The Morgan fingerprint density at radius 2 is 1.21 bits per heavy atom. The molecule has 0 aromatic rings. The van der Waals surface area contributed by atoms with Gasteiger partial charge in [-0.25, -0.2) is 4.79 Å². The third-order valence-electron chi connectivity index (χ3n) is 5.25. The number of aliphatic imine (C=N–C) groups is 1. The van der Waals surface area contributed by atoms with Gasteiger partial charge in [-0.3, -0.25) is 29.0 Å². The molecule has 0 aromatic carbocycles. The Kier molecular flexibility index (Phi) is 15.7. The van der Waals surface area contributed by atoms with Crippen molar-refractivity contribution >= 4 is 41.5 Å². The highest BCUT2D eigenvalue weighted by molar-refractivity contribution is 5.94. The molecule has 0 aromatic heterocycles. The Labute approximate surface area is 220 Å². The molecule has 5 amide bonds. The van der Waals surface area contributed by atoms with E-state index < -0.39 is 59.7 Å². The predicted octanol–water partition coefficient (Wildman–Crippen LogP) is -3.52. The number of hydrogen-bond donors (Lipinski definition) is 9. The number of carboxylic acids is 1. The van der Waals surface area contributed by atoms with Crippen molar-refractivity contribution in [2.24, 2.45) is 39.6 Å². The Balaban J connectivity index is 5.69. The fourth-order valence-corrected chi connectivity index (χ4v) is 3.27. The van der Waals surface area contributed by atoms with Crippen molar-refractivity contribution in [3.63, 3.8) is 0 Å². The quantitative estimate of drug-likeness (QED) is 0.0439. The van der Waals surface area contributed by atoms with Gasteiger partial charge in [0.05, 0.1) is 6.04 Å². The molecule has 0 heterocycles. The van der Waals surface area contributed by atoms with Crippen LogP contribution in [0.2, 0.25) is 0 Å². The first kappa shape index (κ1) is 34.0. The third-order valence-corrected chi connectivity index (χ3v) is 5.25. The van der Waals surface area contributed by atoms with E-state index in [4.69, 9.17) is 28.7 Å². The summed E-state index contributed by atoms with van der Waals surface area (Å²) >= 11 is 0. The fraction of sp³-hybridized carbons (Fsp3) is 0.682. The van der Waals surface area contributed by atoms with Gasteiger partial charge < -0.3 is 49.7 Å². The van der Waals surface area contributed by atoms with Crippen molar-refractivity contribution in [2.75, 3.05) is 6.54 Å². The van der Waals surface area contributed by atoms with Crippen molar-refractivity contribution < 1.29 is 33.9 Å². The van der Waals surface area contributed by atoms with E-state index in [1.54, 1.807) is 13.8 Å². The number of rotatable bonds is 19. The Bertz CT molecular complexity index is 875. The number of amides is 5. The molecule has 0 bridgehead atoms. The minimum absolute atomic E-state index is 0.0339. The van der Waals surface area contributed by atoms with Crippen molar-refractivity contribution in [3.05, 3.63) is 0 Å². The highest BCUT2D eigenvalue weighted by atomic mass is 16.4. The van der Waals surface area contributed by atoms with Crippen molar-refractivity contribution in [1.82, 2.24) is 16.0 Å². The van der Waals surface area contributed by atoms with E-state index in [1.165, 1.54) is 0 Å². The van der Waals surface area contributed by atoms with Gasteiger partial charge in [-0.2, -0.15) is 0 Å². The lowest BCUT2D eigenvalue weighted by molar-refractivity contribution is -0.143. The van der Waals surface area contributed by atoms with Gasteiger partial charge in [0.1, 0.15) is 18.1 Å². The van der Waals surface area contributed by atoms with Crippen LogP contribution in [-0.2, 0) is 28.8 Å². The Morgan fingerprint density at radius 1 is 0.737 bits per heavy atom. The van der Waals surface area contributed by atoms with Gasteiger partial charge in [-0.05, 0) is 38.0 Å². The van der Waals surface area contributed by atoms with Gasteiger partial charge in [0.15, 0.2) is 5.96 Å². The van der Waals surface area contributed by atoms with Gasteiger partial charge >= 0.3 is 5.97 Å². The number of carboxylic acid groups (broad SMARTS) is 1. The third kappa shape index (κ3) is 15.2. The van der Waals surface area contributed by atoms with Gasteiger partial charge in [0.25, 0.3) is 0 Å². The molecule has 0 saturated heterocycles. The number of nitrogens with two attached hydrogens (primary N) is 5. The number of primary amides is 2. The zero-order chi connectivity index (χ0) is 29.4. The second-order valence-electron chi connectivity index (χ2n) is 9.22. The first-order chi connectivity index (χ1) is 17.6. The molecule has 0 radical (unpaired) electrons. The molecule has 0 aliphatic heterocycles. The number of nitrogens with one attached hydrogen (secondary N) is 3. The molecule has 4 unspecified atom stereocenters. The smallest absolute Gasteiger partial charge is 0.326 e. The summed E-state index contributed by atoms with van der Waals surface area (Å²) in [5.41, 5.74) is 26.6. The lowest BCUT2D eigenvalue weighted by atomic mass is 10.0. The maximum absolute atomic E-state index is 13.1. The molecule has 16 nitrogen and oxygen atoms in total. The van der Waals surface area contributed by atoms with E-state index in [-0.39, 0.29) is 63.4 Å². The number of nitrogens with zero attached hydrogens (tertiary/aromatic N) is 1. The van der Waals surface area contributed by atoms with Crippen LogP contribution in [0.5, 0.6) is 0 Å². The van der Waals surface area contributed by atoms with Gasteiger partial charge in [-0.1, -0.05) is 13.8 Å². The first-order valence-corrected chi connectivity index (χ1v) is 12.1. The van der Waals surface area contributed by atoms with Gasteiger partial charge in [0, 0.05) is 19.4 Å². The van der Waals surface area contributed by atoms with Crippen LogP contribution in [-0.4, -0.2) is 77.3 Å². The van der Waals surface area contributed by atoms with Crippen LogP contribution < -0.4 is 44.6 Å². The van der Waals surface area contributed by atoms with Crippen LogP contribution in [0.3, 0.4) is 0 Å². The molecule has 14 N–H and O–H groups in total. The largest absolute Gasteiger partial charge is 0.480 e. The molecule has 0 rings (SSSR count). The zero-order valence-electron chi connectivity index (χ0n) is 21.8. The van der Waals surface area contributed by atoms with E-state index in [2.05, 4.69) is 20.9 Å². The standard InChI is InChI=1S/C22H41N9O7/c1-11(2)10-15(21(37)38)31-20(36)14(6-8-17(25)33)30-19(35)13(4-3-9-28-22(26)27)29-18(34)12(23)5-7-16(24)32/h11-15H,3-10,23H2,1-2H3,(H2,24,32)(H2,25,33)(H,29,34)(H,30,35)(H,31,36)(H,37,38)(H4,26,27,28). The maximum Gasteiger partial charge on any atom is 0.326 e. The maximum atomic E-state index is 13.1. The van der Waals surface area contributed by atoms with E-state index in [9.17, 15) is 33.9 Å². The number of carbonyl (C=O) groups is 6. The second kappa shape index (κ2) is 17.5. The van der Waals surface area contributed by atoms with Crippen molar-refractivity contribution in [3.8, 4) is 0 Å². The molecule has 4 atom stereocenters. The van der Waals surface area contributed by atoms with Crippen LogP contribution in [0.25, 0.3) is 0 Å². The molecule has 16 heteroatoms. The Morgan fingerprint density at radius 3 is 1.68 bits per heavy atom. The van der Waals surface area contributed by atoms with Crippen LogP contribution >= 0.6 is 0 Å². The minimum atomic E-state index is -1.33. The minimum Gasteiger partial charge on any atom is -0.480 e. The lowest BCUT2D eigenvalue weighted by Crippen LogP contribution is -2.57. The number of carbonyl (C=O) groups excluding carboxylic acids is 5. The highest BCUT2D eigenvalue weighted by Gasteiger charge is 2.30. The summed E-state index contributed by atoms with van der Waals surface area (Å²) in [5.74, 6) is -5.26. The summed E-state index contributed by atoms with van der Waals surface area (Å²) in [6.07, 6.45) is -0.281. The lowest BCUT2D eigenvalue weighted by Gasteiger charge is -2.25. The molecule has 0 spiro atoms. The number of aliphatic carboxylic acids is 1. The van der Waals surface area contributed by atoms with E-state index >= 15 is 0 Å². The van der Waals surface area contributed by atoms with Crippen LogP contribution in [0.4, 0.5) is 0 Å². The summed E-state index contributed by atoms with van der Waals surface area (Å²) in [6.45, 7) is 3.69. The summed E-state index contributed by atoms with van der Waals surface area (Å²) in [6, 6.07) is -4.90. The van der Waals surface area contributed by atoms with E-state index in [0.717, 1.165) is 0 Å². The fourth-order valence-electron chi connectivity index (χ4n) is 3.27. The summed E-state index contributed by atoms with van der Waals surface area (Å²) in [4.78, 5) is 76.2. The van der Waals surface area contributed by atoms with Crippen molar-refractivity contribution in [1.29, 1.82) is 0 Å². The molecular formula is C22H41N9O7. The molecule has 0 aliphatic rings. The zero-order valence-corrected chi connectivity index (χ0v) is 21.8. The molecule has 0 fully saturated rings. The average molecular weight is 544 g/mol. The number of guanidine groups is 1. The van der Waals surface area contributed by atoms with Crippen LogP contribution in [0.15, 0.2) is 4.99 Å². The molecule has 0 aliphatic carbocycles. The monoisotopic (exact) mass is 543 g/mol. The van der Waals surface area contributed by atoms with Gasteiger partial charge in [-0.15, -0.1) is 0 Å². The molecule has 38 heavy (non-hydrogen) atoms. The molecular weight excluding hydrogens is 502 g/mol.